The second kappa shape index (κ2) is 8.99. The van der Waals surface area contributed by atoms with E-state index in [9.17, 15) is 4.79 Å². The molecule has 0 bridgehead atoms. The van der Waals surface area contributed by atoms with Crippen LogP contribution in [0.25, 0.3) is 0 Å². The summed E-state index contributed by atoms with van der Waals surface area (Å²) in [5, 5.41) is 12.2. The number of carbonyl (C=O) groups is 1. The van der Waals surface area contributed by atoms with Crippen LogP contribution >= 0.6 is 0 Å². The molecule has 0 spiro atoms. The minimum Gasteiger partial charge on any atom is -0.390 e. The molecular weight excluding hydrogens is 286 g/mol. The first kappa shape index (κ1) is 17.1. The van der Waals surface area contributed by atoms with Crippen molar-refractivity contribution in [1.82, 2.24) is 10.2 Å². The van der Waals surface area contributed by atoms with E-state index in [0.29, 0.717) is 5.92 Å². The summed E-state index contributed by atoms with van der Waals surface area (Å²) in [6, 6.07) is 12.5. The van der Waals surface area contributed by atoms with E-state index in [1.807, 2.05) is 24.0 Å². The van der Waals surface area contributed by atoms with E-state index in [-0.39, 0.29) is 11.5 Å². The average Bonchev–Trinajstić information content (AvgIpc) is 2.60. The summed E-state index contributed by atoms with van der Waals surface area (Å²) in [5.74, 6) is 0.475. The molecule has 23 heavy (non-hydrogen) atoms. The number of nitrogens with zero attached hydrogens (tertiary/aromatic N) is 2. The average molecular weight is 311 g/mol. The van der Waals surface area contributed by atoms with Gasteiger partial charge in [-0.1, -0.05) is 37.3 Å². The van der Waals surface area contributed by atoms with Crippen LogP contribution in [0.4, 0.5) is 0 Å². The molecule has 0 unspecified atom stereocenters. The van der Waals surface area contributed by atoms with E-state index >= 15 is 0 Å². The van der Waals surface area contributed by atoms with Crippen LogP contribution in [0, 0.1) is 17.2 Å². The molecule has 0 atom stereocenters. The summed E-state index contributed by atoms with van der Waals surface area (Å²) in [6.07, 6.45) is 5.60. The van der Waals surface area contributed by atoms with Crippen LogP contribution in [0.1, 0.15) is 31.7 Å². The highest BCUT2D eigenvalue weighted by Crippen LogP contribution is 2.22. The highest BCUT2D eigenvalue weighted by atomic mass is 16.2. The van der Waals surface area contributed by atoms with Crippen molar-refractivity contribution < 1.29 is 4.79 Å². The largest absolute Gasteiger partial charge is 0.390 e. The summed E-state index contributed by atoms with van der Waals surface area (Å²) in [4.78, 5) is 14.2. The lowest BCUT2D eigenvalue weighted by Gasteiger charge is -2.32. The van der Waals surface area contributed by atoms with Crippen LogP contribution in [0.2, 0.25) is 0 Å². The lowest BCUT2D eigenvalue weighted by molar-refractivity contribution is -0.128. The molecule has 1 aromatic rings. The first-order chi connectivity index (χ1) is 11.2. The monoisotopic (exact) mass is 311 g/mol. The van der Waals surface area contributed by atoms with Crippen molar-refractivity contribution in [3.63, 3.8) is 0 Å². The molecule has 1 aliphatic rings. The topological polar surface area (TPSA) is 56.1 Å². The quantitative estimate of drug-likeness (QED) is 0.499. The van der Waals surface area contributed by atoms with E-state index in [2.05, 4.69) is 29.6 Å². The van der Waals surface area contributed by atoms with Gasteiger partial charge in [-0.25, -0.2) is 0 Å². The molecule has 1 N–H and O–H groups in total. The number of amides is 1. The third-order valence-corrected chi connectivity index (χ3v) is 4.26. The van der Waals surface area contributed by atoms with Crippen molar-refractivity contribution in [2.75, 3.05) is 19.6 Å². The van der Waals surface area contributed by atoms with Gasteiger partial charge in [0.05, 0.1) is 0 Å². The molecule has 1 aromatic carbocycles. The predicted octanol–water partition coefficient (Wildman–Crippen LogP) is 2.87. The molecule has 0 aromatic heterocycles. The number of piperidine rings is 1. The molecule has 4 heteroatoms. The molecular formula is C19H25N3O. The Hall–Kier alpha value is -2.28. The van der Waals surface area contributed by atoms with Crippen LogP contribution < -0.4 is 5.32 Å². The van der Waals surface area contributed by atoms with Crippen LogP contribution in [0.5, 0.6) is 0 Å². The van der Waals surface area contributed by atoms with E-state index in [4.69, 9.17) is 5.26 Å². The van der Waals surface area contributed by atoms with Crippen molar-refractivity contribution in [1.29, 1.82) is 5.26 Å². The zero-order valence-electron chi connectivity index (χ0n) is 13.8. The maximum atomic E-state index is 12.4. The number of benzene rings is 1. The molecule has 2 rings (SSSR count). The minimum absolute atomic E-state index is 0.144. The van der Waals surface area contributed by atoms with Crippen LogP contribution in [-0.2, 0) is 11.2 Å². The second-order valence-corrected chi connectivity index (χ2v) is 6.05. The van der Waals surface area contributed by atoms with Gasteiger partial charge in [0, 0.05) is 25.8 Å². The smallest absolute Gasteiger partial charge is 0.265 e. The number of carbonyl (C=O) groups excluding carboxylic acids is 1. The number of hydrogen-bond donors (Lipinski definition) is 1. The van der Waals surface area contributed by atoms with Gasteiger partial charge in [-0.05, 0) is 37.2 Å². The molecule has 1 amide bonds. The number of nitriles is 1. The number of rotatable bonds is 6. The molecule has 1 aliphatic heterocycles. The Balaban J connectivity index is 1.84. The SMILES string of the molecule is CCCN/C=C(/C#N)C(=O)N1CCC(Cc2ccccc2)CC1. The highest BCUT2D eigenvalue weighted by Gasteiger charge is 2.25. The maximum Gasteiger partial charge on any atom is 0.265 e. The van der Waals surface area contributed by atoms with E-state index in [1.54, 1.807) is 6.20 Å². The van der Waals surface area contributed by atoms with Crippen LogP contribution in [0.3, 0.4) is 0 Å². The van der Waals surface area contributed by atoms with Gasteiger partial charge in [0.15, 0.2) is 0 Å². The van der Waals surface area contributed by atoms with Crippen molar-refractivity contribution in [3.8, 4) is 6.07 Å². The van der Waals surface area contributed by atoms with E-state index in [0.717, 1.165) is 45.3 Å². The Kier molecular flexibility index (Phi) is 6.68. The summed E-state index contributed by atoms with van der Waals surface area (Å²) in [7, 11) is 0. The van der Waals surface area contributed by atoms with Gasteiger partial charge in [-0.3, -0.25) is 4.79 Å². The predicted molar refractivity (Wildman–Crippen MR) is 91.4 cm³/mol. The van der Waals surface area contributed by atoms with Gasteiger partial charge >= 0.3 is 0 Å². The Morgan fingerprint density at radius 2 is 2.04 bits per heavy atom. The molecule has 1 fully saturated rings. The molecule has 122 valence electrons. The third kappa shape index (κ3) is 5.14. The van der Waals surface area contributed by atoms with Crippen LogP contribution in [0.15, 0.2) is 42.1 Å². The van der Waals surface area contributed by atoms with Gasteiger partial charge in [0.2, 0.25) is 0 Å². The van der Waals surface area contributed by atoms with E-state index < -0.39 is 0 Å². The minimum atomic E-state index is -0.144. The fourth-order valence-electron chi connectivity index (χ4n) is 2.92. The second-order valence-electron chi connectivity index (χ2n) is 6.05. The van der Waals surface area contributed by atoms with Crippen LogP contribution in [-0.4, -0.2) is 30.4 Å². The Bertz CT molecular complexity index is 566. The maximum absolute atomic E-state index is 12.4. The first-order valence-corrected chi connectivity index (χ1v) is 8.41. The highest BCUT2D eigenvalue weighted by molar-refractivity contribution is 5.97. The molecule has 4 nitrogen and oxygen atoms in total. The van der Waals surface area contributed by atoms with Gasteiger partial charge in [-0.15, -0.1) is 0 Å². The van der Waals surface area contributed by atoms with Gasteiger partial charge in [0.25, 0.3) is 5.91 Å². The van der Waals surface area contributed by atoms with Crippen molar-refractivity contribution >= 4 is 5.91 Å². The molecule has 1 heterocycles. The normalized spacial score (nSPS) is 16.0. The van der Waals surface area contributed by atoms with Gasteiger partial charge in [0.1, 0.15) is 11.6 Å². The molecule has 1 saturated heterocycles. The van der Waals surface area contributed by atoms with Crippen molar-refractivity contribution in [3.05, 3.63) is 47.7 Å². The van der Waals surface area contributed by atoms with Crippen molar-refractivity contribution in [2.45, 2.75) is 32.6 Å². The first-order valence-electron chi connectivity index (χ1n) is 8.41. The zero-order chi connectivity index (χ0) is 16.5. The summed E-state index contributed by atoms with van der Waals surface area (Å²) < 4.78 is 0. The van der Waals surface area contributed by atoms with E-state index in [1.165, 1.54) is 5.56 Å². The molecule has 0 aliphatic carbocycles. The lowest BCUT2D eigenvalue weighted by Crippen LogP contribution is -2.39. The summed E-state index contributed by atoms with van der Waals surface area (Å²) >= 11 is 0. The Morgan fingerprint density at radius 3 is 2.65 bits per heavy atom. The molecule has 0 saturated carbocycles. The number of likely N-dealkylation sites (tertiary alicyclic amines) is 1. The van der Waals surface area contributed by atoms with Crippen molar-refractivity contribution in [2.24, 2.45) is 5.92 Å². The zero-order valence-corrected chi connectivity index (χ0v) is 13.8. The Morgan fingerprint density at radius 1 is 1.35 bits per heavy atom. The number of hydrogen-bond acceptors (Lipinski definition) is 3. The van der Waals surface area contributed by atoms with Gasteiger partial charge in [-0.2, -0.15) is 5.26 Å². The fourth-order valence-corrected chi connectivity index (χ4v) is 2.92. The summed E-state index contributed by atoms with van der Waals surface area (Å²) in [6.45, 7) is 4.30. The fraction of sp³-hybridized carbons (Fsp3) is 0.474. The van der Waals surface area contributed by atoms with Gasteiger partial charge < -0.3 is 10.2 Å². The Labute approximate surface area is 138 Å². The molecule has 0 radical (unpaired) electrons. The standard InChI is InChI=1S/C19H25N3O/c1-2-10-21-15-18(14-20)19(23)22-11-8-17(9-12-22)13-16-6-4-3-5-7-16/h3-7,15,17,21H,2,8-13H2,1H3/b18-15-. The number of nitrogens with one attached hydrogen (secondary N) is 1. The summed E-state index contributed by atoms with van der Waals surface area (Å²) in [5.41, 5.74) is 1.57. The lowest BCUT2D eigenvalue weighted by atomic mass is 9.90. The third-order valence-electron chi connectivity index (χ3n) is 4.26.